The lowest BCUT2D eigenvalue weighted by Gasteiger charge is -2.28. The summed E-state index contributed by atoms with van der Waals surface area (Å²) in [5, 5.41) is 28.5. The zero-order chi connectivity index (χ0) is 35.9. The van der Waals surface area contributed by atoms with Crippen LogP contribution in [-0.2, 0) is 25.7 Å². The molecule has 0 aliphatic heterocycles. The lowest BCUT2D eigenvalue weighted by Crippen LogP contribution is -2.25. The minimum absolute atomic E-state index is 0.0317. The topological polar surface area (TPSA) is 108 Å². The first-order valence-electron chi connectivity index (χ1n) is 18.1. The highest BCUT2D eigenvalue weighted by molar-refractivity contribution is 6.32. The molecule has 50 heavy (non-hydrogen) atoms. The Balaban J connectivity index is 1.81. The minimum Gasteiger partial charge on any atom is -0.507 e. The average Bonchev–Trinajstić information content (AvgIpc) is 3.12. The molecule has 7 nitrogen and oxygen atoms in total. The number of ether oxygens (including phenoxy) is 1. The minimum atomic E-state index is -0.943. The van der Waals surface area contributed by atoms with Crippen LogP contribution in [0.5, 0.6) is 17.2 Å². The van der Waals surface area contributed by atoms with Crippen LogP contribution in [0.4, 0.5) is 27.1 Å². The molecule has 0 fully saturated rings. The van der Waals surface area contributed by atoms with Crippen molar-refractivity contribution in [1.29, 1.82) is 0 Å². The molecule has 0 bridgehead atoms. The number of aromatic hydroxyl groups is 2. The van der Waals surface area contributed by atoms with Gasteiger partial charge in [-0.05, 0) is 66.5 Å². The predicted molar refractivity (Wildman–Crippen MR) is 199 cm³/mol. The van der Waals surface area contributed by atoms with Crippen molar-refractivity contribution in [3.63, 3.8) is 0 Å². The van der Waals surface area contributed by atoms with E-state index in [1.54, 1.807) is 0 Å². The summed E-state index contributed by atoms with van der Waals surface area (Å²) in [6.07, 6.45) is 8.74. The van der Waals surface area contributed by atoms with Gasteiger partial charge in [0.15, 0.2) is 11.6 Å². The van der Waals surface area contributed by atoms with E-state index in [0.717, 1.165) is 77.9 Å². The molecule has 4 N–H and O–H groups in total. The predicted octanol–water partition coefficient (Wildman–Crippen LogP) is 10.5. The Kier molecular flexibility index (Phi) is 11.8. The Morgan fingerprint density at radius 2 is 1.00 bits per heavy atom. The molecule has 0 saturated carbocycles. The second kappa shape index (κ2) is 16.2. The lowest BCUT2D eigenvalue weighted by molar-refractivity contribution is 0.0967. The van der Waals surface area contributed by atoms with Gasteiger partial charge < -0.3 is 25.6 Å². The molecule has 0 unspecified atom stereocenters. The van der Waals surface area contributed by atoms with Crippen molar-refractivity contribution < 1.29 is 28.9 Å². The summed E-state index contributed by atoms with van der Waals surface area (Å²) < 4.78 is 24.0. The summed E-state index contributed by atoms with van der Waals surface area (Å²) in [4.78, 5) is 28.6. The number of phenols is 2. The second-order valence-corrected chi connectivity index (χ2v) is 12.8. The molecule has 4 aromatic rings. The van der Waals surface area contributed by atoms with Crippen LogP contribution in [0.25, 0.3) is 0 Å². The summed E-state index contributed by atoms with van der Waals surface area (Å²) in [5.41, 5.74) is 3.99. The molecule has 0 aromatic heterocycles. The third kappa shape index (κ3) is 6.93. The highest BCUT2D eigenvalue weighted by Gasteiger charge is 2.42. The maximum absolute atomic E-state index is 17.5. The first kappa shape index (κ1) is 36.4. The number of para-hydroxylation sites is 2. The number of carbonyl (C=O) groups excluding carboxylic acids is 2. The zero-order valence-electron chi connectivity index (χ0n) is 29.9. The number of nitrogens with one attached hydrogen (secondary N) is 2. The van der Waals surface area contributed by atoms with Gasteiger partial charge in [-0.25, -0.2) is 4.39 Å². The van der Waals surface area contributed by atoms with Gasteiger partial charge in [0.05, 0.1) is 28.9 Å². The molecule has 8 heteroatoms. The molecule has 0 radical (unpaired) electrons. The third-order valence-corrected chi connectivity index (χ3v) is 9.70. The number of benzene rings is 4. The Morgan fingerprint density at radius 3 is 1.48 bits per heavy atom. The maximum Gasteiger partial charge on any atom is 0.202 e. The fraction of sp³-hybridized carbons (Fsp3) is 0.381. The van der Waals surface area contributed by atoms with E-state index in [1.807, 2.05) is 64.1 Å². The van der Waals surface area contributed by atoms with E-state index in [0.29, 0.717) is 32.1 Å². The molecule has 264 valence electrons. The van der Waals surface area contributed by atoms with Crippen LogP contribution in [-0.4, -0.2) is 28.4 Å². The summed E-state index contributed by atoms with van der Waals surface area (Å²) in [6, 6.07) is 14.2. The van der Waals surface area contributed by atoms with Gasteiger partial charge in [-0.3, -0.25) is 9.59 Å². The molecule has 0 spiro atoms. The van der Waals surface area contributed by atoms with Gasteiger partial charge in [-0.15, -0.1) is 0 Å². The van der Waals surface area contributed by atoms with Crippen molar-refractivity contribution in [3.05, 3.63) is 98.9 Å². The molecule has 4 aromatic carbocycles. The van der Waals surface area contributed by atoms with Gasteiger partial charge in [0.2, 0.25) is 11.6 Å². The van der Waals surface area contributed by atoms with Gasteiger partial charge in [0.25, 0.3) is 0 Å². The number of hydrogen-bond acceptors (Lipinski definition) is 7. The largest absolute Gasteiger partial charge is 0.507 e. The lowest BCUT2D eigenvalue weighted by atomic mass is 9.81. The van der Waals surface area contributed by atoms with Crippen molar-refractivity contribution in [1.82, 2.24) is 0 Å². The number of carbonyl (C=O) groups is 2. The summed E-state index contributed by atoms with van der Waals surface area (Å²) >= 11 is 0. The SMILES string of the molecule is CCCCCCCCOc1c(Nc2c(CC)cccc2CC)c(Nc2c(CC)cccc2CC)c(F)c2c1C(=O)c1c(O)ccc(O)c1C2=O. The summed E-state index contributed by atoms with van der Waals surface area (Å²) in [6.45, 7) is 10.5. The third-order valence-electron chi connectivity index (χ3n) is 9.70. The van der Waals surface area contributed by atoms with E-state index >= 15 is 4.39 Å². The van der Waals surface area contributed by atoms with Crippen LogP contribution in [0.3, 0.4) is 0 Å². The number of fused-ring (bicyclic) bond motifs is 2. The molecule has 1 aliphatic rings. The monoisotopic (exact) mass is 680 g/mol. The molecule has 0 atom stereocenters. The van der Waals surface area contributed by atoms with Crippen LogP contribution in [0.15, 0.2) is 48.5 Å². The highest BCUT2D eigenvalue weighted by Crippen LogP contribution is 2.50. The van der Waals surface area contributed by atoms with E-state index in [4.69, 9.17) is 4.74 Å². The first-order valence-corrected chi connectivity index (χ1v) is 18.1. The summed E-state index contributed by atoms with van der Waals surface area (Å²) in [5.74, 6) is -3.60. The molecular weight excluding hydrogens is 631 g/mol. The fourth-order valence-electron chi connectivity index (χ4n) is 6.91. The maximum atomic E-state index is 17.5. The van der Waals surface area contributed by atoms with Crippen molar-refractivity contribution in [2.45, 2.75) is 98.8 Å². The Labute approximate surface area is 294 Å². The highest BCUT2D eigenvalue weighted by atomic mass is 19.1. The van der Waals surface area contributed by atoms with Crippen molar-refractivity contribution in [2.24, 2.45) is 0 Å². The number of hydrogen-bond donors (Lipinski definition) is 4. The van der Waals surface area contributed by atoms with E-state index in [1.165, 1.54) is 0 Å². The quantitative estimate of drug-likeness (QED) is 0.0607. The van der Waals surface area contributed by atoms with Crippen LogP contribution in [0, 0.1) is 5.82 Å². The van der Waals surface area contributed by atoms with Gasteiger partial charge >= 0.3 is 0 Å². The van der Waals surface area contributed by atoms with Crippen molar-refractivity contribution in [3.8, 4) is 17.2 Å². The normalized spacial score (nSPS) is 12.1. The van der Waals surface area contributed by atoms with Crippen LogP contribution < -0.4 is 15.4 Å². The number of rotatable bonds is 16. The molecule has 0 saturated heterocycles. The average molecular weight is 681 g/mol. The van der Waals surface area contributed by atoms with Crippen LogP contribution in [0.1, 0.15) is 127 Å². The van der Waals surface area contributed by atoms with Gasteiger partial charge in [0, 0.05) is 11.4 Å². The summed E-state index contributed by atoms with van der Waals surface area (Å²) in [7, 11) is 0. The molecule has 1 aliphatic carbocycles. The molecule has 0 amide bonds. The van der Waals surface area contributed by atoms with Crippen molar-refractivity contribution >= 4 is 34.3 Å². The van der Waals surface area contributed by atoms with Crippen molar-refractivity contribution in [2.75, 3.05) is 17.2 Å². The smallest absolute Gasteiger partial charge is 0.202 e. The van der Waals surface area contributed by atoms with Gasteiger partial charge in [-0.1, -0.05) is 103 Å². The zero-order valence-corrected chi connectivity index (χ0v) is 29.9. The second-order valence-electron chi connectivity index (χ2n) is 12.8. The Bertz CT molecular complexity index is 1860. The number of anilines is 4. The molecule has 5 rings (SSSR count). The van der Waals surface area contributed by atoms with Crippen LogP contribution >= 0.6 is 0 Å². The van der Waals surface area contributed by atoms with Crippen LogP contribution in [0.2, 0.25) is 0 Å². The fourth-order valence-corrected chi connectivity index (χ4v) is 6.91. The number of unbranched alkanes of at least 4 members (excludes halogenated alkanes) is 5. The molecule has 0 heterocycles. The van der Waals surface area contributed by atoms with Gasteiger partial charge in [-0.2, -0.15) is 0 Å². The number of ketones is 2. The standard InChI is InChI=1S/C42H49FN2O5/c1-6-11-12-13-14-15-24-50-42-34-33(40(48)31-29(46)22-23-30(47)32(31)41(34)49)35(43)38(44-36-25(7-2)18-16-19-26(36)8-3)39(42)45-37-27(9-4)20-17-21-28(37)10-5/h16-23,44-47H,6-15,24H2,1-5H3. The van der Waals surface area contributed by atoms with Gasteiger partial charge in [0.1, 0.15) is 22.9 Å². The Hall–Kier alpha value is -4.85. The first-order chi connectivity index (χ1) is 24.2. The number of halogens is 1. The van der Waals surface area contributed by atoms with E-state index in [2.05, 4.69) is 17.6 Å². The number of aryl methyl sites for hydroxylation is 4. The van der Waals surface area contributed by atoms with E-state index in [-0.39, 0.29) is 34.9 Å². The molecular formula is C42H49FN2O5. The van der Waals surface area contributed by atoms with E-state index < -0.39 is 40.0 Å². The Morgan fingerprint density at radius 1 is 0.560 bits per heavy atom. The van der Waals surface area contributed by atoms with E-state index in [9.17, 15) is 19.8 Å². The number of phenolic OH excluding ortho intramolecular Hbond substituents is 2.